The van der Waals surface area contributed by atoms with Gasteiger partial charge >= 0.3 is 0 Å². The van der Waals surface area contributed by atoms with Gasteiger partial charge in [-0.1, -0.05) is 0 Å². The van der Waals surface area contributed by atoms with Crippen molar-refractivity contribution in [3.05, 3.63) is 40.0 Å². The van der Waals surface area contributed by atoms with Crippen molar-refractivity contribution in [2.45, 2.75) is 13.5 Å². The van der Waals surface area contributed by atoms with E-state index in [1.165, 1.54) is 0 Å². The summed E-state index contributed by atoms with van der Waals surface area (Å²) in [5.41, 5.74) is 0.975. The highest BCUT2D eigenvalue weighted by Crippen LogP contribution is 2.10. The molecule has 0 aliphatic rings. The van der Waals surface area contributed by atoms with Gasteiger partial charge in [0.1, 0.15) is 5.75 Å². The number of pyridine rings is 1. The van der Waals surface area contributed by atoms with Crippen LogP contribution in [0.2, 0.25) is 0 Å². The van der Waals surface area contributed by atoms with Crippen molar-refractivity contribution in [1.29, 1.82) is 0 Å². The molecular weight excluding hydrogens is 317 g/mol. The van der Waals surface area contributed by atoms with Crippen LogP contribution in [0.5, 0.6) is 5.75 Å². The molecule has 2 aromatic heterocycles. The first kappa shape index (κ1) is 11.4. The molecule has 0 fully saturated rings. The van der Waals surface area contributed by atoms with Gasteiger partial charge in [0.15, 0.2) is 0 Å². The Kier molecular flexibility index (Phi) is 3.76. The number of hydrogen-bond donors (Lipinski definition) is 0. The van der Waals surface area contributed by atoms with Gasteiger partial charge in [-0.15, -0.1) is 0 Å². The zero-order chi connectivity index (χ0) is 11.4. The molecule has 0 aliphatic heterocycles. The molecular formula is C11H12IN3O. The van der Waals surface area contributed by atoms with Gasteiger partial charge in [-0.05, 0) is 41.6 Å². The second-order valence-corrected chi connectivity index (χ2v) is 4.52. The Morgan fingerprint density at radius 1 is 1.38 bits per heavy atom. The van der Waals surface area contributed by atoms with E-state index >= 15 is 0 Å². The first-order valence-corrected chi connectivity index (χ1v) is 6.11. The second kappa shape index (κ2) is 5.29. The van der Waals surface area contributed by atoms with Crippen LogP contribution >= 0.6 is 22.6 Å². The summed E-state index contributed by atoms with van der Waals surface area (Å²) in [5, 5.41) is 4.21. The summed E-state index contributed by atoms with van der Waals surface area (Å²) in [7, 11) is 0. The molecule has 0 saturated heterocycles. The first-order valence-electron chi connectivity index (χ1n) is 5.03. The van der Waals surface area contributed by atoms with Gasteiger partial charge in [-0.2, -0.15) is 5.10 Å². The van der Waals surface area contributed by atoms with Crippen molar-refractivity contribution < 1.29 is 4.74 Å². The molecule has 0 amide bonds. The van der Waals surface area contributed by atoms with E-state index in [-0.39, 0.29) is 0 Å². The highest BCUT2D eigenvalue weighted by molar-refractivity contribution is 14.1. The lowest BCUT2D eigenvalue weighted by atomic mass is 10.3. The zero-order valence-corrected chi connectivity index (χ0v) is 11.1. The molecule has 2 rings (SSSR count). The molecule has 2 heterocycles. The fourth-order valence-electron chi connectivity index (χ4n) is 1.35. The van der Waals surface area contributed by atoms with Gasteiger partial charge in [0.05, 0.1) is 34.8 Å². The van der Waals surface area contributed by atoms with Gasteiger partial charge < -0.3 is 4.74 Å². The van der Waals surface area contributed by atoms with E-state index in [1.54, 1.807) is 6.20 Å². The number of rotatable bonds is 4. The minimum Gasteiger partial charge on any atom is -0.492 e. The third-order valence-electron chi connectivity index (χ3n) is 2.03. The van der Waals surface area contributed by atoms with E-state index in [0.717, 1.165) is 15.0 Å². The normalized spacial score (nSPS) is 10.4. The smallest absolute Gasteiger partial charge is 0.137 e. The topological polar surface area (TPSA) is 39.9 Å². The fourth-order valence-corrected chi connectivity index (χ4v) is 1.79. The third kappa shape index (κ3) is 2.94. The molecule has 0 unspecified atom stereocenters. The SMILES string of the molecule is CCOc1ccc(Cn2cc(I)cn2)nc1. The van der Waals surface area contributed by atoms with Crippen molar-refractivity contribution in [3.8, 4) is 5.75 Å². The van der Waals surface area contributed by atoms with Crippen molar-refractivity contribution in [1.82, 2.24) is 14.8 Å². The van der Waals surface area contributed by atoms with Crippen LogP contribution in [0.4, 0.5) is 0 Å². The van der Waals surface area contributed by atoms with E-state index in [9.17, 15) is 0 Å². The first-order chi connectivity index (χ1) is 7.78. The molecule has 2 aromatic rings. The van der Waals surface area contributed by atoms with E-state index in [4.69, 9.17) is 4.74 Å². The molecule has 0 atom stereocenters. The van der Waals surface area contributed by atoms with Crippen LogP contribution in [0.15, 0.2) is 30.7 Å². The summed E-state index contributed by atoms with van der Waals surface area (Å²) in [5.74, 6) is 0.807. The van der Waals surface area contributed by atoms with Gasteiger partial charge in [-0.25, -0.2) is 0 Å². The van der Waals surface area contributed by atoms with Crippen molar-refractivity contribution >= 4 is 22.6 Å². The Labute approximate surface area is 108 Å². The Balaban J connectivity index is 2.05. The standard InChI is InChI=1S/C11H12IN3O/c1-2-16-11-4-3-10(13-6-11)8-15-7-9(12)5-14-15/h3-7H,2,8H2,1H3. The van der Waals surface area contributed by atoms with Crippen molar-refractivity contribution in [3.63, 3.8) is 0 Å². The Bertz CT molecular complexity index is 453. The van der Waals surface area contributed by atoms with E-state index in [1.807, 2.05) is 36.1 Å². The quantitative estimate of drug-likeness (QED) is 0.809. The maximum Gasteiger partial charge on any atom is 0.137 e. The minimum absolute atomic E-state index is 0.665. The van der Waals surface area contributed by atoms with Crippen LogP contribution in [0, 0.1) is 3.57 Å². The predicted octanol–water partition coefficient (Wildman–Crippen LogP) is 2.33. The van der Waals surface area contributed by atoms with Crippen LogP contribution in [0.1, 0.15) is 12.6 Å². The van der Waals surface area contributed by atoms with Crippen molar-refractivity contribution in [2.75, 3.05) is 6.61 Å². The van der Waals surface area contributed by atoms with E-state index in [0.29, 0.717) is 13.2 Å². The lowest BCUT2D eigenvalue weighted by molar-refractivity contribution is 0.338. The molecule has 0 N–H and O–H groups in total. The summed E-state index contributed by atoms with van der Waals surface area (Å²) >= 11 is 2.24. The fraction of sp³-hybridized carbons (Fsp3) is 0.273. The Morgan fingerprint density at radius 3 is 2.81 bits per heavy atom. The van der Waals surface area contributed by atoms with E-state index < -0.39 is 0 Å². The number of halogens is 1. The molecule has 84 valence electrons. The highest BCUT2D eigenvalue weighted by atomic mass is 127. The molecule has 0 bridgehead atoms. The monoisotopic (exact) mass is 329 g/mol. The van der Waals surface area contributed by atoms with Crippen LogP contribution < -0.4 is 4.74 Å². The van der Waals surface area contributed by atoms with Crippen LogP contribution in [0.25, 0.3) is 0 Å². The summed E-state index contributed by atoms with van der Waals surface area (Å²) in [6.45, 7) is 3.31. The third-order valence-corrected chi connectivity index (χ3v) is 2.59. The number of aromatic nitrogens is 3. The lowest BCUT2D eigenvalue weighted by Gasteiger charge is -2.04. The molecule has 4 nitrogen and oxygen atoms in total. The predicted molar refractivity (Wildman–Crippen MR) is 69.5 cm³/mol. The maximum atomic E-state index is 5.33. The van der Waals surface area contributed by atoms with Gasteiger partial charge in [-0.3, -0.25) is 9.67 Å². The number of ether oxygens (including phenoxy) is 1. The molecule has 0 saturated carbocycles. The maximum absolute atomic E-state index is 5.33. The summed E-state index contributed by atoms with van der Waals surface area (Å²) in [4.78, 5) is 4.31. The molecule has 0 aliphatic carbocycles. The van der Waals surface area contributed by atoms with Gasteiger partial charge in [0, 0.05) is 6.20 Å². The van der Waals surface area contributed by atoms with Gasteiger partial charge in [0.2, 0.25) is 0 Å². The second-order valence-electron chi connectivity index (χ2n) is 3.27. The highest BCUT2D eigenvalue weighted by Gasteiger charge is 1.99. The Hall–Kier alpha value is -1.11. The lowest BCUT2D eigenvalue weighted by Crippen LogP contribution is -2.02. The summed E-state index contributed by atoms with van der Waals surface area (Å²) in [6, 6.07) is 3.89. The average Bonchev–Trinajstić information content (AvgIpc) is 2.67. The molecule has 0 spiro atoms. The van der Waals surface area contributed by atoms with Crippen LogP contribution in [-0.4, -0.2) is 21.4 Å². The number of hydrogen-bond acceptors (Lipinski definition) is 3. The van der Waals surface area contributed by atoms with Crippen LogP contribution in [-0.2, 0) is 6.54 Å². The molecule has 0 radical (unpaired) electrons. The molecule has 16 heavy (non-hydrogen) atoms. The zero-order valence-electron chi connectivity index (χ0n) is 8.93. The van der Waals surface area contributed by atoms with Crippen LogP contribution in [0.3, 0.4) is 0 Å². The summed E-state index contributed by atoms with van der Waals surface area (Å²) < 4.78 is 8.32. The minimum atomic E-state index is 0.665. The van der Waals surface area contributed by atoms with Gasteiger partial charge in [0.25, 0.3) is 0 Å². The molecule has 5 heteroatoms. The average molecular weight is 329 g/mol. The largest absolute Gasteiger partial charge is 0.492 e. The van der Waals surface area contributed by atoms with Crippen molar-refractivity contribution in [2.24, 2.45) is 0 Å². The molecule has 0 aromatic carbocycles. The summed E-state index contributed by atoms with van der Waals surface area (Å²) in [6.07, 6.45) is 5.56. The number of nitrogens with zero attached hydrogens (tertiary/aromatic N) is 3. The Morgan fingerprint density at radius 2 is 2.25 bits per heavy atom. The van der Waals surface area contributed by atoms with E-state index in [2.05, 4.69) is 32.7 Å².